The van der Waals surface area contributed by atoms with E-state index in [1.165, 1.54) is 0 Å². The molecule has 0 saturated carbocycles. The molecule has 4 heteroatoms. The third-order valence-corrected chi connectivity index (χ3v) is 4.50. The molecule has 4 aromatic rings. The Bertz CT molecular complexity index is 1090. The molecule has 1 unspecified atom stereocenters. The first-order valence-electron chi connectivity index (χ1n) is 8.34. The maximum absolute atomic E-state index is 10.4. The van der Waals surface area contributed by atoms with Crippen molar-refractivity contribution in [1.29, 1.82) is 0 Å². The number of aromatic hydroxyl groups is 2. The number of phenols is 2. The Hall–Kier alpha value is -3.08. The first kappa shape index (κ1) is 16.4. The molecule has 0 saturated heterocycles. The second kappa shape index (κ2) is 6.67. The van der Waals surface area contributed by atoms with Gasteiger partial charge in [0.25, 0.3) is 0 Å². The summed E-state index contributed by atoms with van der Waals surface area (Å²) in [5.41, 5.74) is 0.868. The number of aliphatic hydroxyl groups is 1. The smallest absolute Gasteiger partial charge is 0.185 e. The van der Waals surface area contributed by atoms with Gasteiger partial charge in [0.05, 0.1) is 6.61 Å². The maximum atomic E-state index is 10.4. The molecule has 0 aliphatic heterocycles. The standard InChI is InChI=1S/C22H18O4/c23-20-11-16-7-3-1-5-14(16)9-18(20)13-26-22(25)19-10-15-6-2-4-8-17(15)12-21(19)24/h1-12,22-25H,13H2. The lowest BCUT2D eigenvalue weighted by Crippen LogP contribution is -2.04. The molecule has 4 rings (SSSR count). The van der Waals surface area contributed by atoms with Gasteiger partial charge in [-0.05, 0) is 45.8 Å². The van der Waals surface area contributed by atoms with Gasteiger partial charge in [0.2, 0.25) is 0 Å². The first-order valence-corrected chi connectivity index (χ1v) is 8.34. The minimum Gasteiger partial charge on any atom is -0.508 e. The van der Waals surface area contributed by atoms with Crippen molar-refractivity contribution in [3.63, 3.8) is 0 Å². The monoisotopic (exact) mass is 346 g/mol. The molecule has 0 aliphatic carbocycles. The average Bonchev–Trinajstić information content (AvgIpc) is 2.65. The van der Waals surface area contributed by atoms with Gasteiger partial charge in [0.15, 0.2) is 6.29 Å². The Morgan fingerprint density at radius 2 is 1.19 bits per heavy atom. The number of hydrogen-bond acceptors (Lipinski definition) is 4. The molecule has 0 aliphatic rings. The van der Waals surface area contributed by atoms with Crippen LogP contribution in [-0.4, -0.2) is 15.3 Å². The second-order valence-corrected chi connectivity index (χ2v) is 6.25. The fraction of sp³-hybridized carbons (Fsp3) is 0.0909. The topological polar surface area (TPSA) is 69.9 Å². The SMILES string of the molecule is Oc1cc2ccccc2cc1COC(O)c1cc2ccccc2cc1O. The van der Waals surface area contributed by atoms with Gasteiger partial charge in [-0.2, -0.15) is 0 Å². The zero-order valence-electron chi connectivity index (χ0n) is 14.0. The third-order valence-electron chi connectivity index (χ3n) is 4.50. The number of ether oxygens (including phenoxy) is 1. The average molecular weight is 346 g/mol. The number of hydrogen-bond donors (Lipinski definition) is 3. The number of fused-ring (bicyclic) bond motifs is 2. The van der Waals surface area contributed by atoms with E-state index in [0.717, 1.165) is 21.5 Å². The largest absolute Gasteiger partial charge is 0.508 e. The summed E-state index contributed by atoms with van der Waals surface area (Å²) in [5, 5.41) is 34.4. The van der Waals surface area contributed by atoms with Gasteiger partial charge >= 0.3 is 0 Å². The summed E-state index contributed by atoms with van der Waals surface area (Å²) in [5.74, 6) is 0.0811. The molecule has 3 N–H and O–H groups in total. The quantitative estimate of drug-likeness (QED) is 0.472. The lowest BCUT2D eigenvalue weighted by atomic mass is 10.1. The Labute approximate surface area is 150 Å². The van der Waals surface area contributed by atoms with Gasteiger partial charge in [-0.15, -0.1) is 0 Å². The zero-order chi connectivity index (χ0) is 18.1. The van der Waals surface area contributed by atoms with E-state index >= 15 is 0 Å². The summed E-state index contributed by atoms with van der Waals surface area (Å²) < 4.78 is 5.51. The van der Waals surface area contributed by atoms with E-state index in [2.05, 4.69) is 0 Å². The third kappa shape index (κ3) is 3.08. The van der Waals surface area contributed by atoms with E-state index in [1.807, 2.05) is 54.6 Å². The Morgan fingerprint density at radius 3 is 1.81 bits per heavy atom. The minimum atomic E-state index is -1.30. The molecule has 0 aromatic heterocycles. The highest BCUT2D eigenvalue weighted by atomic mass is 16.6. The summed E-state index contributed by atoms with van der Waals surface area (Å²) in [6, 6.07) is 22.1. The van der Waals surface area contributed by atoms with Crippen molar-refractivity contribution in [2.24, 2.45) is 0 Å². The van der Waals surface area contributed by atoms with Crippen molar-refractivity contribution in [2.45, 2.75) is 12.9 Å². The van der Waals surface area contributed by atoms with E-state index in [4.69, 9.17) is 4.74 Å². The number of phenolic OH excluding ortho intramolecular Hbond substituents is 2. The van der Waals surface area contributed by atoms with E-state index in [-0.39, 0.29) is 18.1 Å². The molecular formula is C22H18O4. The maximum Gasteiger partial charge on any atom is 0.185 e. The van der Waals surface area contributed by atoms with Crippen LogP contribution < -0.4 is 0 Å². The highest BCUT2D eigenvalue weighted by molar-refractivity contribution is 5.85. The molecule has 0 amide bonds. The Balaban J connectivity index is 1.58. The van der Waals surface area contributed by atoms with Crippen LogP contribution in [0.2, 0.25) is 0 Å². The lowest BCUT2D eigenvalue weighted by molar-refractivity contribution is -0.113. The minimum absolute atomic E-state index is 0.0180. The number of benzene rings is 4. The molecule has 0 spiro atoms. The van der Waals surface area contributed by atoms with Crippen LogP contribution in [0.25, 0.3) is 21.5 Å². The predicted molar refractivity (Wildman–Crippen MR) is 101 cm³/mol. The van der Waals surface area contributed by atoms with Crippen molar-refractivity contribution >= 4 is 21.5 Å². The second-order valence-electron chi connectivity index (χ2n) is 6.25. The van der Waals surface area contributed by atoms with Gasteiger partial charge in [0, 0.05) is 11.1 Å². The normalized spacial score (nSPS) is 12.5. The molecule has 0 radical (unpaired) electrons. The van der Waals surface area contributed by atoms with Crippen LogP contribution in [0.15, 0.2) is 72.8 Å². The lowest BCUT2D eigenvalue weighted by Gasteiger charge is -2.15. The van der Waals surface area contributed by atoms with Crippen LogP contribution in [0.5, 0.6) is 11.5 Å². The van der Waals surface area contributed by atoms with Crippen LogP contribution >= 0.6 is 0 Å². The van der Waals surface area contributed by atoms with Crippen molar-refractivity contribution < 1.29 is 20.1 Å². The van der Waals surface area contributed by atoms with Crippen LogP contribution in [0, 0.1) is 0 Å². The van der Waals surface area contributed by atoms with Crippen LogP contribution in [0.4, 0.5) is 0 Å². The Morgan fingerprint density at radius 1 is 0.692 bits per heavy atom. The van der Waals surface area contributed by atoms with E-state index in [1.54, 1.807) is 18.2 Å². The van der Waals surface area contributed by atoms with E-state index in [9.17, 15) is 15.3 Å². The first-order chi connectivity index (χ1) is 12.6. The summed E-state index contributed by atoms with van der Waals surface area (Å²) in [6.07, 6.45) is -1.30. The number of rotatable bonds is 4. The van der Waals surface area contributed by atoms with Crippen molar-refractivity contribution in [3.05, 3.63) is 83.9 Å². The molecule has 4 aromatic carbocycles. The zero-order valence-corrected chi connectivity index (χ0v) is 14.0. The molecule has 0 fully saturated rings. The van der Waals surface area contributed by atoms with Crippen molar-refractivity contribution in [1.82, 2.24) is 0 Å². The molecular weight excluding hydrogens is 328 g/mol. The van der Waals surface area contributed by atoms with Crippen molar-refractivity contribution in [3.8, 4) is 11.5 Å². The highest BCUT2D eigenvalue weighted by Gasteiger charge is 2.15. The van der Waals surface area contributed by atoms with Gasteiger partial charge in [-0.3, -0.25) is 0 Å². The van der Waals surface area contributed by atoms with Gasteiger partial charge < -0.3 is 20.1 Å². The van der Waals surface area contributed by atoms with Gasteiger partial charge in [0.1, 0.15) is 11.5 Å². The molecule has 4 nitrogen and oxygen atoms in total. The molecule has 0 bridgehead atoms. The van der Waals surface area contributed by atoms with E-state index < -0.39 is 6.29 Å². The van der Waals surface area contributed by atoms with Gasteiger partial charge in [-0.25, -0.2) is 0 Å². The fourth-order valence-electron chi connectivity index (χ4n) is 3.09. The summed E-state index contributed by atoms with van der Waals surface area (Å²) in [6.45, 7) is 0.0180. The summed E-state index contributed by atoms with van der Waals surface area (Å²) >= 11 is 0. The highest BCUT2D eigenvalue weighted by Crippen LogP contribution is 2.32. The molecule has 26 heavy (non-hydrogen) atoms. The molecule has 130 valence electrons. The molecule has 1 atom stereocenters. The van der Waals surface area contributed by atoms with Crippen LogP contribution in [-0.2, 0) is 11.3 Å². The van der Waals surface area contributed by atoms with Crippen LogP contribution in [0.1, 0.15) is 17.4 Å². The van der Waals surface area contributed by atoms with Crippen LogP contribution in [0.3, 0.4) is 0 Å². The molecule has 0 heterocycles. The Kier molecular flexibility index (Phi) is 4.21. The number of aliphatic hydroxyl groups excluding tert-OH is 1. The van der Waals surface area contributed by atoms with Gasteiger partial charge in [-0.1, -0.05) is 48.5 Å². The predicted octanol–water partition coefficient (Wildman–Crippen LogP) is 4.61. The van der Waals surface area contributed by atoms with E-state index in [0.29, 0.717) is 11.1 Å². The summed E-state index contributed by atoms with van der Waals surface area (Å²) in [4.78, 5) is 0. The summed E-state index contributed by atoms with van der Waals surface area (Å²) in [7, 11) is 0. The van der Waals surface area contributed by atoms with Crippen molar-refractivity contribution in [2.75, 3.05) is 0 Å². The fourth-order valence-corrected chi connectivity index (χ4v) is 3.09.